The van der Waals surface area contributed by atoms with E-state index in [0.29, 0.717) is 35.1 Å². The summed E-state index contributed by atoms with van der Waals surface area (Å²) < 4.78 is 75.1. The molecule has 4 aromatic heterocycles. The highest BCUT2D eigenvalue weighted by atomic mass is 19.4. The van der Waals surface area contributed by atoms with Crippen molar-refractivity contribution in [3.05, 3.63) is 76.1 Å². The van der Waals surface area contributed by atoms with Gasteiger partial charge in [-0.15, -0.1) is 10.2 Å². The maximum atomic E-state index is 14.7. The van der Waals surface area contributed by atoms with Gasteiger partial charge in [0.05, 0.1) is 12.1 Å². The first kappa shape index (κ1) is 27.8. The highest BCUT2D eigenvalue weighted by molar-refractivity contribution is 5.82. The number of halogens is 4. The Morgan fingerprint density at radius 3 is 2.74 bits per heavy atom. The molecule has 220 valence electrons. The number of alkyl halides is 3. The molecule has 6 rings (SSSR count). The van der Waals surface area contributed by atoms with Crippen LogP contribution < -0.4 is 10.6 Å². The number of benzene rings is 1. The van der Waals surface area contributed by atoms with Crippen molar-refractivity contribution in [3.63, 3.8) is 0 Å². The van der Waals surface area contributed by atoms with Crippen molar-refractivity contribution in [2.24, 2.45) is 0 Å². The van der Waals surface area contributed by atoms with Crippen LogP contribution in [0.25, 0.3) is 28.1 Å². The van der Waals surface area contributed by atoms with Crippen molar-refractivity contribution in [2.75, 3.05) is 19.8 Å². The van der Waals surface area contributed by atoms with Crippen molar-refractivity contribution >= 4 is 16.6 Å². The van der Waals surface area contributed by atoms with Crippen LogP contribution in [-0.4, -0.2) is 61.6 Å². The molecule has 1 aliphatic heterocycles. The third kappa shape index (κ3) is 5.23. The fourth-order valence-corrected chi connectivity index (χ4v) is 5.52. The van der Waals surface area contributed by atoms with Crippen molar-refractivity contribution in [1.82, 2.24) is 24.5 Å². The third-order valence-electron chi connectivity index (χ3n) is 7.38. The summed E-state index contributed by atoms with van der Waals surface area (Å²) in [5, 5.41) is 17.7. The number of aromatic nitrogens is 4. The van der Waals surface area contributed by atoms with Gasteiger partial charge >= 0.3 is 12.0 Å². The van der Waals surface area contributed by atoms with Gasteiger partial charge in [0.2, 0.25) is 0 Å². The molecule has 1 aliphatic rings. The molecule has 1 N–H and O–H groups in total. The summed E-state index contributed by atoms with van der Waals surface area (Å²) >= 11 is 0. The average Bonchev–Trinajstić information content (AvgIpc) is 3.65. The molecular formula is C28H25F4N5O5. The third-order valence-corrected chi connectivity index (χ3v) is 7.38. The van der Waals surface area contributed by atoms with E-state index in [2.05, 4.69) is 15.2 Å². The maximum absolute atomic E-state index is 14.7. The number of hydrogen-bond donors (Lipinski definition) is 1. The Balaban J connectivity index is 1.38. The Morgan fingerprint density at radius 1 is 1.17 bits per heavy atom. The van der Waals surface area contributed by atoms with Crippen molar-refractivity contribution in [2.45, 2.75) is 44.4 Å². The summed E-state index contributed by atoms with van der Waals surface area (Å²) in [6.45, 7) is 1.35. The van der Waals surface area contributed by atoms with E-state index < -0.39 is 29.9 Å². The Labute approximate surface area is 235 Å². The number of aryl methyl sites for hydroxylation is 1. The van der Waals surface area contributed by atoms with Gasteiger partial charge < -0.3 is 18.7 Å². The largest absolute Gasteiger partial charge is 0.519 e. The van der Waals surface area contributed by atoms with Gasteiger partial charge in [0.1, 0.15) is 24.1 Å². The van der Waals surface area contributed by atoms with Crippen LogP contribution in [0.4, 0.5) is 17.6 Å². The van der Waals surface area contributed by atoms with Crippen LogP contribution in [0, 0.1) is 12.7 Å². The SMILES string of the molecule is Cc1oc(=O)oc1C[C@@H]1CCCN1[C@H](c1ccc2nnc(-c3ccc4cc(F)c(OCCO)cc4n3)n2c1)C(F)(F)F. The normalized spacial score (nSPS) is 17.0. The second kappa shape index (κ2) is 10.8. The predicted molar refractivity (Wildman–Crippen MR) is 140 cm³/mol. The summed E-state index contributed by atoms with van der Waals surface area (Å²) in [5.74, 6) is -0.902. The number of rotatable bonds is 8. The van der Waals surface area contributed by atoms with Crippen LogP contribution in [0.15, 0.2) is 56.2 Å². The van der Waals surface area contributed by atoms with Gasteiger partial charge in [-0.3, -0.25) is 9.30 Å². The molecule has 0 spiro atoms. The Kier molecular flexibility index (Phi) is 7.19. The maximum Gasteiger partial charge on any atom is 0.519 e. The summed E-state index contributed by atoms with van der Waals surface area (Å²) in [5.41, 5.74) is 0.969. The molecule has 5 aromatic rings. The molecule has 1 aromatic carbocycles. The molecule has 42 heavy (non-hydrogen) atoms. The first-order valence-corrected chi connectivity index (χ1v) is 13.2. The van der Waals surface area contributed by atoms with Crippen LogP contribution in [-0.2, 0) is 6.42 Å². The molecule has 0 radical (unpaired) electrons. The van der Waals surface area contributed by atoms with Crippen LogP contribution in [0.1, 0.15) is 36.0 Å². The zero-order chi connectivity index (χ0) is 29.6. The smallest absolute Gasteiger partial charge is 0.488 e. The van der Waals surface area contributed by atoms with Crippen LogP contribution in [0.5, 0.6) is 5.75 Å². The number of likely N-dealkylation sites (tertiary alicyclic amines) is 1. The number of ether oxygens (including phenoxy) is 1. The molecule has 0 saturated carbocycles. The van der Waals surface area contributed by atoms with E-state index >= 15 is 0 Å². The average molecular weight is 588 g/mol. The molecular weight excluding hydrogens is 562 g/mol. The van der Waals surface area contributed by atoms with Gasteiger partial charge in [-0.1, -0.05) is 12.1 Å². The molecule has 0 aliphatic carbocycles. The van der Waals surface area contributed by atoms with Gasteiger partial charge in [0, 0.05) is 30.1 Å². The van der Waals surface area contributed by atoms with Crippen molar-refractivity contribution in [3.8, 4) is 17.3 Å². The zero-order valence-corrected chi connectivity index (χ0v) is 22.3. The summed E-state index contributed by atoms with van der Waals surface area (Å²) in [7, 11) is 0. The molecule has 0 unspecified atom stereocenters. The topological polar surface area (TPSA) is 119 Å². The Morgan fingerprint density at radius 2 is 2.00 bits per heavy atom. The Hall–Kier alpha value is -4.30. The predicted octanol–water partition coefficient (Wildman–Crippen LogP) is 4.62. The lowest BCUT2D eigenvalue weighted by Crippen LogP contribution is -2.42. The monoisotopic (exact) mass is 587 g/mol. The van der Waals surface area contributed by atoms with E-state index in [1.165, 1.54) is 39.8 Å². The van der Waals surface area contributed by atoms with Crippen LogP contribution in [0.2, 0.25) is 0 Å². The fraction of sp³-hybridized carbons (Fsp3) is 0.357. The highest BCUT2D eigenvalue weighted by Crippen LogP contribution is 2.42. The van der Waals surface area contributed by atoms with Crippen molar-refractivity contribution < 1.29 is 36.2 Å². The molecule has 14 heteroatoms. The number of hydrogen-bond acceptors (Lipinski definition) is 9. The van der Waals surface area contributed by atoms with Crippen molar-refractivity contribution in [1.29, 1.82) is 0 Å². The van der Waals surface area contributed by atoms with E-state index in [0.717, 1.165) is 0 Å². The van der Waals surface area contributed by atoms with Crippen LogP contribution >= 0.6 is 0 Å². The minimum absolute atomic E-state index is 0.0177. The lowest BCUT2D eigenvalue weighted by atomic mass is 10.0. The minimum atomic E-state index is -4.62. The van der Waals surface area contributed by atoms with Gasteiger partial charge in [0.25, 0.3) is 0 Å². The summed E-state index contributed by atoms with van der Waals surface area (Å²) in [6, 6.07) is 6.20. The van der Waals surface area contributed by atoms with E-state index in [1.807, 2.05) is 0 Å². The molecule has 1 fully saturated rings. The quantitative estimate of drug-likeness (QED) is 0.260. The number of fused-ring (bicyclic) bond motifs is 2. The van der Waals surface area contributed by atoms with Gasteiger partial charge in [-0.05, 0) is 50.1 Å². The molecule has 1 saturated heterocycles. The Bertz CT molecular complexity index is 1810. The van der Waals surface area contributed by atoms with Gasteiger partial charge in [-0.25, -0.2) is 14.2 Å². The lowest BCUT2D eigenvalue weighted by molar-refractivity contribution is -0.189. The first-order valence-electron chi connectivity index (χ1n) is 13.2. The number of nitrogens with zero attached hydrogens (tertiary/aromatic N) is 5. The zero-order valence-electron chi connectivity index (χ0n) is 22.3. The molecule has 2 atom stereocenters. The molecule has 5 heterocycles. The number of aliphatic hydroxyl groups is 1. The van der Waals surface area contributed by atoms with E-state index in [1.54, 1.807) is 19.1 Å². The van der Waals surface area contributed by atoms with Gasteiger partial charge in [0.15, 0.2) is 28.8 Å². The molecule has 0 amide bonds. The number of pyridine rings is 2. The first-order chi connectivity index (χ1) is 20.1. The van der Waals surface area contributed by atoms with E-state index in [9.17, 15) is 22.4 Å². The van der Waals surface area contributed by atoms with Gasteiger partial charge in [-0.2, -0.15) is 13.2 Å². The number of aliphatic hydroxyl groups excluding tert-OH is 1. The molecule has 10 nitrogen and oxygen atoms in total. The summed E-state index contributed by atoms with van der Waals surface area (Å²) in [4.78, 5) is 17.4. The highest BCUT2D eigenvalue weighted by Gasteiger charge is 2.48. The minimum Gasteiger partial charge on any atom is -0.488 e. The molecule has 0 bridgehead atoms. The van der Waals surface area contributed by atoms with E-state index in [4.69, 9.17) is 18.7 Å². The standard InChI is InChI=1S/C28H25F4N5O5/c1-15-22(42-27(39)41-15)12-18-3-2-8-36(18)25(28(30,31)32)17-5-7-24-34-35-26(37(24)14-17)20-6-4-16-11-19(29)23(40-10-9-38)13-21(16)33-20/h4-7,11,13-14,18,25,38H,2-3,8-10,12H2,1H3/t18-,25+/m0/s1. The lowest BCUT2D eigenvalue weighted by Gasteiger charge is -2.34. The van der Waals surface area contributed by atoms with E-state index in [-0.39, 0.29) is 54.8 Å². The second-order valence-corrected chi connectivity index (χ2v) is 10.1. The fourth-order valence-electron chi connectivity index (χ4n) is 5.52. The summed E-state index contributed by atoms with van der Waals surface area (Å²) in [6.07, 6.45) is -2.12. The van der Waals surface area contributed by atoms with Crippen LogP contribution in [0.3, 0.4) is 0 Å². The second-order valence-electron chi connectivity index (χ2n) is 10.1.